The molecule has 7 nitrogen and oxygen atoms in total. The summed E-state index contributed by atoms with van der Waals surface area (Å²) in [6.07, 6.45) is 0. The number of primary sulfonamides is 1. The third-order valence-electron chi connectivity index (χ3n) is 4.00. The summed E-state index contributed by atoms with van der Waals surface area (Å²) >= 11 is 0. The Hall–Kier alpha value is -2.45. The van der Waals surface area contributed by atoms with E-state index in [0.717, 1.165) is 17.2 Å². The first kappa shape index (κ1) is 18.9. The fraction of sp³-hybridized carbons (Fsp3) is 0.294. The maximum absolute atomic E-state index is 11.5. The molecule has 2 aromatic carbocycles. The second kappa shape index (κ2) is 7.20. The van der Waals surface area contributed by atoms with Gasteiger partial charge in [0.1, 0.15) is 5.69 Å². The Kier molecular flexibility index (Phi) is 5.44. The Morgan fingerprint density at radius 3 is 2.32 bits per heavy atom. The van der Waals surface area contributed by atoms with Gasteiger partial charge in [0.05, 0.1) is 15.9 Å². The molecular formula is C17H21N3O4S. The van der Waals surface area contributed by atoms with Crippen LogP contribution in [0, 0.1) is 23.0 Å². The van der Waals surface area contributed by atoms with Crippen LogP contribution in [0.1, 0.15) is 31.0 Å². The first-order chi connectivity index (χ1) is 11.6. The minimum atomic E-state index is -4.01. The molecule has 2 aromatic rings. The summed E-state index contributed by atoms with van der Waals surface area (Å²) in [6, 6.07) is 11.2. The number of aryl methyl sites for hydroxylation is 1. The van der Waals surface area contributed by atoms with Gasteiger partial charge < -0.3 is 5.32 Å². The molecule has 0 fully saturated rings. The van der Waals surface area contributed by atoms with Crippen molar-refractivity contribution in [2.75, 3.05) is 5.32 Å². The molecule has 0 radical (unpaired) electrons. The molecule has 0 aromatic heterocycles. The predicted octanol–water partition coefficient (Wildman–Crippen LogP) is 3.36. The molecule has 0 spiro atoms. The highest BCUT2D eigenvalue weighted by Crippen LogP contribution is 2.34. The van der Waals surface area contributed by atoms with Crippen LogP contribution < -0.4 is 10.5 Å². The molecular weight excluding hydrogens is 342 g/mol. The largest absolute Gasteiger partial charge is 0.372 e. The highest BCUT2D eigenvalue weighted by atomic mass is 32.2. The molecule has 0 amide bonds. The topological polar surface area (TPSA) is 115 Å². The Balaban J connectivity index is 2.50. The number of sulfonamides is 1. The monoisotopic (exact) mass is 363 g/mol. The number of benzene rings is 2. The molecule has 3 N–H and O–H groups in total. The molecule has 0 heterocycles. The molecule has 0 aliphatic heterocycles. The van der Waals surface area contributed by atoms with Gasteiger partial charge in [-0.15, -0.1) is 0 Å². The summed E-state index contributed by atoms with van der Waals surface area (Å²) in [6.45, 7) is 5.99. The Morgan fingerprint density at radius 1 is 1.16 bits per heavy atom. The van der Waals surface area contributed by atoms with Gasteiger partial charge in [-0.1, -0.05) is 38.1 Å². The van der Waals surface area contributed by atoms with E-state index in [-0.39, 0.29) is 28.2 Å². The van der Waals surface area contributed by atoms with E-state index >= 15 is 0 Å². The molecule has 1 atom stereocenters. The van der Waals surface area contributed by atoms with Crippen molar-refractivity contribution in [1.29, 1.82) is 0 Å². The van der Waals surface area contributed by atoms with E-state index in [4.69, 9.17) is 5.14 Å². The minimum Gasteiger partial charge on any atom is -0.372 e. The lowest BCUT2D eigenvalue weighted by Crippen LogP contribution is -2.19. The number of nitro benzene ring substituents is 1. The lowest BCUT2D eigenvalue weighted by molar-refractivity contribution is -0.384. The van der Waals surface area contributed by atoms with Crippen LogP contribution in [0.15, 0.2) is 47.4 Å². The van der Waals surface area contributed by atoms with E-state index < -0.39 is 14.9 Å². The number of nitrogens with zero attached hydrogens (tertiary/aromatic N) is 1. The third-order valence-corrected chi connectivity index (χ3v) is 4.91. The zero-order valence-corrected chi connectivity index (χ0v) is 15.1. The number of hydrogen-bond donors (Lipinski definition) is 2. The van der Waals surface area contributed by atoms with Gasteiger partial charge in [-0.3, -0.25) is 10.1 Å². The molecule has 1 unspecified atom stereocenters. The lowest BCUT2D eigenvalue weighted by Gasteiger charge is -2.25. The fourth-order valence-corrected chi connectivity index (χ4v) is 3.20. The first-order valence-corrected chi connectivity index (χ1v) is 9.29. The van der Waals surface area contributed by atoms with Gasteiger partial charge in [0.2, 0.25) is 10.0 Å². The minimum absolute atomic E-state index is 0.152. The van der Waals surface area contributed by atoms with Crippen LogP contribution in [-0.4, -0.2) is 13.3 Å². The van der Waals surface area contributed by atoms with Crippen molar-refractivity contribution in [3.63, 3.8) is 0 Å². The van der Waals surface area contributed by atoms with Gasteiger partial charge >= 0.3 is 0 Å². The number of nitrogens with one attached hydrogen (secondary N) is 1. The van der Waals surface area contributed by atoms with Gasteiger partial charge in [0.25, 0.3) is 5.69 Å². The van der Waals surface area contributed by atoms with Crippen LogP contribution in [0.2, 0.25) is 0 Å². The molecule has 2 rings (SSSR count). The van der Waals surface area contributed by atoms with E-state index in [1.807, 2.05) is 45.0 Å². The lowest BCUT2D eigenvalue weighted by atomic mass is 9.92. The maximum Gasteiger partial charge on any atom is 0.293 e. The van der Waals surface area contributed by atoms with Crippen LogP contribution in [0.25, 0.3) is 0 Å². The van der Waals surface area contributed by atoms with Crippen molar-refractivity contribution in [2.45, 2.75) is 31.7 Å². The normalized spacial score (nSPS) is 12.8. The van der Waals surface area contributed by atoms with Crippen LogP contribution in [0.4, 0.5) is 11.4 Å². The number of nitrogens with two attached hydrogens (primary N) is 1. The van der Waals surface area contributed by atoms with E-state index in [2.05, 4.69) is 5.32 Å². The van der Waals surface area contributed by atoms with Crippen molar-refractivity contribution >= 4 is 21.4 Å². The number of rotatable bonds is 6. The summed E-state index contributed by atoms with van der Waals surface area (Å²) < 4.78 is 22.9. The van der Waals surface area contributed by atoms with Gasteiger partial charge in [-0.05, 0) is 36.1 Å². The quantitative estimate of drug-likeness (QED) is 0.603. The SMILES string of the molecule is Cc1ccccc1C(Nc1ccc(S(N)(=O)=O)cc1[N+](=O)[O-])C(C)C. The number of anilines is 1. The van der Waals surface area contributed by atoms with Crippen LogP contribution in [0.5, 0.6) is 0 Å². The van der Waals surface area contributed by atoms with Crippen molar-refractivity contribution in [2.24, 2.45) is 11.1 Å². The number of nitro groups is 1. The average molecular weight is 363 g/mol. The maximum atomic E-state index is 11.5. The molecule has 0 aliphatic carbocycles. The highest BCUT2D eigenvalue weighted by molar-refractivity contribution is 7.89. The Morgan fingerprint density at radius 2 is 1.80 bits per heavy atom. The summed E-state index contributed by atoms with van der Waals surface area (Å²) in [5.74, 6) is 0.152. The Bertz CT molecular complexity index is 895. The molecule has 0 aliphatic rings. The summed E-state index contributed by atoms with van der Waals surface area (Å²) in [5.41, 5.74) is 2.02. The summed E-state index contributed by atoms with van der Waals surface area (Å²) in [4.78, 5) is 10.5. The van der Waals surface area contributed by atoms with E-state index in [1.165, 1.54) is 12.1 Å². The molecule has 0 saturated heterocycles. The van der Waals surface area contributed by atoms with Crippen LogP contribution in [-0.2, 0) is 10.0 Å². The van der Waals surface area contributed by atoms with Gasteiger partial charge in [0, 0.05) is 6.07 Å². The van der Waals surface area contributed by atoms with Crippen LogP contribution >= 0.6 is 0 Å². The molecule has 134 valence electrons. The van der Waals surface area contributed by atoms with Gasteiger partial charge in [-0.25, -0.2) is 13.6 Å². The predicted molar refractivity (Wildman–Crippen MR) is 96.9 cm³/mol. The summed E-state index contributed by atoms with van der Waals surface area (Å²) in [5, 5.41) is 19.6. The van der Waals surface area contributed by atoms with Gasteiger partial charge in [0.15, 0.2) is 0 Å². The van der Waals surface area contributed by atoms with E-state index in [0.29, 0.717) is 0 Å². The standard InChI is InChI=1S/C17H21N3O4S/c1-11(2)17(14-7-5-4-6-12(14)3)19-15-9-8-13(25(18,23)24)10-16(15)20(21)22/h4-11,17,19H,1-3H3,(H2,18,23,24). The van der Waals surface area contributed by atoms with Crippen LogP contribution in [0.3, 0.4) is 0 Å². The number of hydrogen-bond acceptors (Lipinski definition) is 5. The van der Waals surface area contributed by atoms with E-state index in [1.54, 1.807) is 0 Å². The highest BCUT2D eigenvalue weighted by Gasteiger charge is 2.24. The van der Waals surface area contributed by atoms with Crippen molar-refractivity contribution in [3.8, 4) is 0 Å². The third kappa shape index (κ3) is 4.34. The molecule has 25 heavy (non-hydrogen) atoms. The Labute approximate surface area is 147 Å². The zero-order chi connectivity index (χ0) is 18.8. The molecule has 0 bridgehead atoms. The fourth-order valence-electron chi connectivity index (χ4n) is 2.67. The second-order valence-electron chi connectivity index (χ2n) is 6.20. The average Bonchev–Trinajstić information content (AvgIpc) is 2.52. The first-order valence-electron chi connectivity index (χ1n) is 7.74. The second-order valence-corrected chi connectivity index (χ2v) is 7.77. The summed E-state index contributed by atoms with van der Waals surface area (Å²) in [7, 11) is -4.01. The smallest absolute Gasteiger partial charge is 0.293 e. The molecule has 0 saturated carbocycles. The van der Waals surface area contributed by atoms with Crippen molar-refractivity contribution < 1.29 is 13.3 Å². The van der Waals surface area contributed by atoms with Crippen molar-refractivity contribution in [3.05, 3.63) is 63.7 Å². The zero-order valence-electron chi connectivity index (χ0n) is 14.3. The molecule has 8 heteroatoms. The van der Waals surface area contributed by atoms with E-state index in [9.17, 15) is 18.5 Å². The van der Waals surface area contributed by atoms with Gasteiger partial charge in [-0.2, -0.15) is 0 Å². The van der Waals surface area contributed by atoms with Crippen molar-refractivity contribution in [1.82, 2.24) is 0 Å².